The molecule has 1 aliphatic heterocycles. The summed E-state index contributed by atoms with van der Waals surface area (Å²) >= 11 is 1.72. The summed E-state index contributed by atoms with van der Waals surface area (Å²) < 4.78 is 0. The molecule has 1 aliphatic rings. The molecule has 3 nitrogen and oxygen atoms in total. The summed E-state index contributed by atoms with van der Waals surface area (Å²) in [4.78, 5) is 18.3. The number of carbonyl (C=O) groups is 1. The largest absolute Gasteiger partial charge is 0.330 e. The first kappa shape index (κ1) is 17.8. The van der Waals surface area contributed by atoms with Gasteiger partial charge in [0.05, 0.1) is 6.04 Å². The summed E-state index contributed by atoms with van der Waals surface area (Å²) in [6.45, 7) is 2.53. The molecule has 0 N–H and O–H groups in total. The number of carbonyl (C=O) groups excluding carboxylic acids is 1. The van der Waals surface area contributed by atoms with Gasteiger partial charge < -0.3 is 9.80 Å². The fourth-order valence-corrected chi connectivity index (χ4v) is 3.53. The van der Waals surface area contributed by atoms with Crippen LogP contribution in [0.4, 0.5) is 0 Å². The average molecular weight is 353 g/mol. The van der Waals surface area contributed by atoms with Crippen LogP contribution in [-0.4, -0.2) is 48.6 Å². The molecule has 0 bridgehead atoms. The topological polar surface area (TPSA) is 23.6 Å². The van der Waals surface area contributed by atoms with Crippen LogP contribution in [0.15, 0.2) is 65.6 Å². The summed E-state index contributed by atoms with van der Waals surface area (Å²) in [5.41, 5.74) is 2.25. The molecule has 0 aliphatic carbocycles. The number of hydrogen-bond donors (Lipinski definition) is 0. The van der Waals surface area contributed by atoms with Crippen molar-refractivity contribution < 1.29 is 4.79 Å². The molecule has 0 spiro atoms. The fraction of sp³-hybridized carbons (Fsp3) is 0.286. The van der Waals surface area contributed by atoms with Crippen molar-refractivity contribution in [2.24, 2.45) is 0 Å². The minimum atomic E-state index is 0.0795. The highest BCUT2D eigenvalue weighted by Crippen LogP contribution is 2.25. The van der Waals surface area contributed by atoms with Crippen molar-refractivity contribution in [3.05, 3.63) is 71.8 Å². The van der Waals surface area contributed by atoms with E-state index in [9.17, 15) is 4.79 Å². The van der Waals surface area contributed by atoms with Gasteiger partial charge in [-0.05, 0) is 42.6 Å². The Hall–Kier alpha value is -2.04. The number of benzene rings is 2. The van der Waals surface area contributed by atoms with E-state index >= 15 is 0 Å². The Morgan fingerprint density at radius 1 is 1.08 bits per heavy atom. The molecule has 2 aromatic carbocycles. The maximum Gasteiger partial charge on any atom is 0.247 e. The van der Waals surface area contributed by atoms with Crippen LogP contribution >= 0.6 is 11.8 Å². The van der Waals surface area contributed by atoms with Crippen molar-refractivity contribution >= 4 is 23.7 Å². The van der Waals surface area contributed by atoms with Crippen LogP contribution in [0.3, 0.4) is 0 Å². The maximum absolute atomic E-state index is 12.8. The van der Waals surface area contributed by atoms with Crippen LogP contribution in [0.25, 0.3) is 6.08 Å². The number of amides is 1. The molecule has 0 radical (unpaired) electrons. The third-order valence-corrected chi connectivity index (χ3v) is 5.33. The van der Waals surface area contributed by atoms with Crippen molar-refractivity contribution in [2.75, 3.05) is 32.9 Å². The third-order valence-electron chi connectivity index (χ3n) is 4.59. The van der Waals surface area contributed by atoms with Crippen LogP contribution in [0, 0.1) is 0 Å². The SMILES string of the molecule is CSc1ccc(/C=C/C(=O)N2CCN(C)CC2c2ccccc2)cc1. The first-order valence-electron chi connectivity index (χ1n) is 8.53. The first-order chi connectivity index (χ1) is 12.2. The number of hydrogen-bond acceptors (Lipinski definition) is 3. The Bertz CT molecular complexity index is 727. The summed E-state index contributed by atoms with van der Waals surface area (Å²) in [6.07, 6.45) is 5.67. The quantitative estimate of drug-likeness (QED) is 0.615. The van der Waals surface area contributed by atoms with E-state index in [1.54, 1.807) is 17.8 Å². The molecule has 1 atom stereocenters. The highest BCUT2D eigenvalue weighted by Gasteiger charge is 2.28. The molecule has 1 unspecified atom stereocenters. The Balaban J connectivity index is 1.75. The van der Waals surface area contributed by atoms with Gasteiger partial charge in [-0.2, -0.15) is 0 Å². The van der Waals surface area contributed by atoms with E-state index < -0.39 is 0 Å². The molecule has 0 saturated carbocycles. The lowest BCUT2D eigenvalue weighted by atomic mass is 10.0. The van der Waals surface area contributed by atoms with Gasteiger partial charge in [-0.1, -0.05) is 42.5 Å². The van der Waals surface area contributed by atoms with Crippen molar-refractivity contribution in [2.45, 2.75) is 10.9 Å². The monoisotopic (exact) mass is 352 g/mol. The minimum Gasteiger partial charge on any atom is -0.330 e. The van der Waals surface area contributed by atoms with E-state index in [1.165, 1.54) is 10.5 Å². The molecular formula is C21H24N2OS. The van der Waals surface area contributed by atoms with E-state index in [2.05, 4.69) is 42.5 Å². The second-order valence-electron chi connectivity index (χ2n) is 6.33. The van der Waals surface area contributed by atoms with Crippen LogP contribution in [0.5, 0.6) is 0 Å². The molecule has 1 fully saturated rings. The molecular weight excluding hydrogens is 328 g/mol. The Kier molecular flexibility index (Phi) is 5.95. The molecule has 0 aromatic heterocycles. The molecule has 1 saturated heterocycles. The van der Waals surface area contributed by atoms with Gasteiger partial charge in [-0.3, -0.25) is 4.79 Å². The van der Waals surface area contributed by atoms with Crippen molar-refractivity contribution in [1.29, 1.82) is 0 Å². The zero-order valence-electron chi connectivity index (χ0n) is 14.8. The predicted molar refractivity (Wildman–Crippen MR) is 106 cm³/mol. The fourth-order valence-electron chi connectivity index (χ4n) is 3.12. The lowest BCUT2D eigenvalue weighted by Crippen LogP contribution is -2.48. The van der Waals surface area contributed by atoms with Gasteiger partial charge in [-0.15, -0.1) is 11.8 Å². The van der Waals surface area contributed by atoms with Crippen LogP contribution in [-0.2, 0) is 4.79 Å². The minimum absolute atomic E-state index is 0.0795. The lowest BCUT2D eigenvalue weighted by Gasteiger charge is -2.39. The third kappa shape index (κ3) is 4.53. The van der Waals surface area contributed by atoms with E-state index in [0.29, 0.717) is 0 Å². The van der Waals surface area contributed by atoms with Crippen LogP contribution in [0.2, 0.25) is 0 Å². The normalized spacial score (nSPS) is 18.6. The van der Waals surface area contributed by atoms with E-state index in [1.807, 2.05) is 41.3 Å². The molecule has 1 heterocycles. The molecule has 130 valence electrons. The molecule has 3 rings (SSSR count). The number of likely N-dealkylation sites (N-methyl/N-ethyl adjacent to an activating group) is 1. The number of nitrogens with zero attached hydrogens (tertiary/aromatic N) is 2. The lowest BCUT2D eigenvalue weighted by molar-refractivity contribution is -0.130. The zero-order chi connectivity index (χ0) is 17.6. The maximum atomic E-state index is 12.8. The molecule has 4 heteroatoms. The first-order valence-corrected chi connectivity index (χ1v) is 9.76. The summed E-state index contributed by atoms with van der Waals surface area (Å²) in [6, 6.07) is 18.7. The van der Waals surface area contributed by atoms with Gasteiger partial charge in [0.1, 0.15) is 0 Å². The van der Waals surface area contributed by atoms with E-state index in [-0.39, 0.29) is 11.9 Å². The smallest absolute Gasteiger partial charge is 0.247 e. The van der Waals surface area contributed by atoms with E-state index in [0.717, 1.165) is 25.2 Å². The highest BCUT2D eigenvalue weighted by molar-refractivity contribution is 7.98. The Labute approximate surface area is 154 Å². The average Bonchev–Trinajstić information content (AvgIpc) is 2.67. The van der Waals surface area contributed by atoms with Crippen LogP contribution < -0.4 is 0 Å². The summed E-state index contributed by atoms with van der Waals surface area (Å²) in [5.74, 6) is 0.0795. The molecule has 25 heavy (non-hydrogen) atoms. The van der Waals surface area contributed by atoms with Crippen molar-refractivity contribution in [3.63, 3.8) is 0 Å². The van der Waals surface area contributed by atoms with Gasteiger partial charge in [0, 0.05) is 30.6 Å². The van der Waals surface area contributed by atoms with Crippen molar-refractivity contribution in [3.8, 4) is 0 Å². The number of thioether (sulfide) groups is 1. The van der Waals surface area contributed by atoms with Gasteiger partial charge >= 0.3 is 0 Å². The van der Waals surface area contributed by atoms with Gasteiger partial charge in [0.2, 0.25) is 5.91 Å². The summed E-state index contributed by atoms with van der Waals surface area (Å²) in [5, 5.41) is 0. The second-order valence-corrected chi connectivity index (χ2v) is 7.21. The van der Waals surface area contributed by atoms with Crippen LogP contribution in [0.1, 0.15) is 17.2 Å². The number of rotatable bonds is 4. The predicted octanol–water partition coefficient (Wildman–Crippen LogP) is 3.94. The van der Waals surface area contributed by atoms with E-state index in [4.69, 9.17) is 0 Å². The van der Waals surface area contributed by atoms with Gasteiger partial charge in [0.25, 0.3) is 0 Å². The molecule has 2 aromatic rings. The van der Waals surface area contributed by atoms with Crippen molar-refractivity contribution in [1.82, 2.24) is 9.80 Å². The second kappa shape index (κ2) is 8.37. The number of piperazine rings is 1. The highest BCUT2D eigenvalue weighted by atomic mass is 32.2. The van der Waals surface area contributed by atoms with Gasteiger partial charge in [-0.25, -0.2) is 0 Å². The van der Waals surface area contributed by atoms with Gasteiger partial charge in [0.15, 0.2) is 0 Å². The Morgan fingerprint density at radius 2 is 1.80 bits per heavy atom. The zero-order valence-corrected chi connectivity index (χ0v) is 15.6. The summed E-state index contributed by atoms with van der Waals surface area (Å²) in [7, 11) is 2.11. The molecule has 1 amide bonds. The standard InChI is InChI=1S/C21H24N2OS/c1-22-14-15-23(20(16-22)18-6-4-3-5-7-18)21(24)13-10-17-8-11-19(25-2)12-9-17/h3-13,20H,14-16H2,1-2H3/b13-10+. The Morgan fingerprint density at radius 3 is 2.48 bits per heavy atom.